The lowest BCUT2D eigenvalue weighted by Crippen LogP contribution is -1.91. The third-order valence-electron chi connectivity index (χ3n) is 4.26. The molecule has 29 heavy (non-hydrogen) atoms. The van der Waals surface area contributed by atoms with E-state index in [-0.39, 0.29) is 0 Å². The highest BCUT2D eigenvalue weighted by atomic mass is 79.9. The molecule has 0 bridgehead atoms. The van der Waals surface area contributed by atoms with E-state index in [1.54, 1.807) is 24.7 Å². The Kier molecular flexibility index (Phi) is 6.03. The van der Waals surface area contributed by atoms with E-state index >= 15 is 0 Å². The second kappa shape index (κ2) is 9.03. The summed E-state index contributed by atoms with van der Waals surface area (Å²) in [5.41, 5.74) is 7.20. The minimum Gasteiger partial charge on any atom is -0.496 e. The molecule has 0 saturated carbocycles. The van der Waals surface area contributed by atoms with Crippen LogP contribution in [-0.4, -0.2) is 18.3 Å². The molecule has 0 saturated heterocycles. The zero-order valence-electron chi connectivity index (χ0n) is 15.7. The van der Waals surface area contributed by atoms with Crippen molar-refractivity contribution >= 4 is 38.6 Å². The SMILES string of the molecule is COc1ccc(/C=N\Nc2nc(-c3ccccc3)c(-c3ccccc3)s2)cc1Br. The van der Waals surface area contributed by atoms with Gasteiger partial charge in [0.05, 0.1) is 28.4 Å². The molecule has 0 fully saturated rings. The van der Waals surface area contributed by atoms with E-state index < -0.39 is 0 Å². The van der Waals surface area contributed by atoms with E-state index in [1.165, 1.54) is 0 Å². The molecule has 0 aliphatic heterocycles. The normalized spacial score (nSPS) is 11.0. The van der Waals surface area contributed by atoms with Crippen LogP contribution in [-0.2, 0) is 0 Å². The van der Waals surface area contributed by atoms with Crippen molar-refractivity contribution in [2.45, 2.75) is 0 Å². The number of hydrogen-bond acceptors (Lipinski definition) is 5. The van der Waals surface area contributed by atoms with Crippen LogP contribution in [0, 0.1) is 0 Å². The summed E-state index contributed by atoms with van der Waals surface area (Å²) in [6, 6.07) is 26.3. The highest BCUT2D eigenvalue weighted by Gasteiger charge is 2.14. The molecular weight excluding hydrogens is 446 g/mol. The van der Waals surface area contributed by atoms with Gasteiger partial charge in [0.25, 0.3) is 0 Å². The van der Waals surface area contributed by atoms with Gasteiger partial charge in [-0.2, -0.15) is 5.10 Å². The van der Waals surface area contributed by atoms with E-state index in [0.29, 0.717) is 0 Å². The summed E-state index contributed by atoms with van der Waals surface area (Å²) < 4.78 is 6.14. The second-order valence-electron chi connectivity index (χ2n) is 6.19. The lowest BCUT2D eigenvalue weighted by molar-refractivity contribution is 0.412. The Labute approximate surface area is 182 Å². The molecule has 4 nitrogen and oxygen atoms in total. The van der Waals surface area contributed by atoms with Gasteiger partial charge in [-0.1, -0.05) is 72.0 Å². The maximum atomic E-state index is 5.26. The van der Waals surface area contributed by atoms with Gasteiger partial charge in [0.15, 0.2) is 0 Å². The molecule has 6 heteroatoms. The van der Waals surface area contributed by atoms with Crippen LogP contribution in [0.15, 0.2) is 88.4 Å². The maximum absolute atomic E-state index is 5.26. The quantitative estimate of drug-likeness (QED) is 0.255. The number of nitrogens with zero attached hydrogens (tertiary/aromatic N) is 2. The van der Waals surface area contributed by atoms with Crippen LogP contribution in [0.1, 0.15) is 5.56 Å². The van der Waals surface area contributed by atoms with E-state index in [1.807, 2.05) is 54.6 Å². The Bertz CT molecular complexity index is 1070. The zero-order valence-corrected chi connectivity index (χ0v) is 18.1. The standard InChI is InChI=1S/C23H18BrN3OS/c1-28-20-13-12-16(14-19(20)24)15-25-27-23-26-21(17-8-4-2-5-9-17)22(29-23)18-10-6-3-7-11-18/h2-15H,1H3,(H,26,27)/b25-15-. The van der Waals surface area contributed by atoms with Crippen LogP contribution in [0.25, 0.3) is 21.7 Å². The molecule has 0 spiro atoms. The number of benzene rings is 3. The van der Waals surface area contributed by atoms with Crippen LogP contribution in [0.3, 0.4) is 0 Å². The number of ether oxygens (including phenoxy) is 1. The van der Waals surface area contributed by atoms with Crippen molar-refractivity contribution in [2.75, 3.05) is 12.5 Å². The van der Waals surface area contributed by atoms with Crippen molar-refractivity contribution in [3.8, 4) is 27.4 Å². The van der Waals surface area contributed by atoms with Crippen molar-refractivity contribution in [3.63, 3.8) is 0 Å². The summed E-state index contributed by atoms with van der Waals surface area (Å²) in [7, 11) is 1.65. The van der Waals surface area contributed by atoms with Crippen molar-refractivity contribution in [2.24, 2.45) is 5.10 Å². The van der Waals surface area contributed by atoms with Crippen LogP contribution in [0.2, 0.25) is 0 Å². The van der Waals surface area contributed by atoms with Gasteiger partial charge in [-0.15, -0.1) is 0 Å². The van der Waals surface area contributed by atoms with E-state index in [9.17, 15) is 0 Å². The molecule has 1 heterocycles. The van der Waals surface area contributed by atoms with Gasteiger partial charge in [0.1, 0.15) is 5.75 Å². The lowest BCUT2D eigenvalue weighted by Gasteiger charge is -2.03. The molecule has 1 aromatic heterocycles. The van der Waals surface area contributed by atoms with Crippen LogP contribution in [0.4, 0.5) is 5.13 Å². The van der Waals surface area contributed by atoms with Crippen molar-refractivity contribution in [1.82, 2.24) is 4.98 Å². The Morgan fingerprint density at radius 3 is 2.31 bits per heavy atom. The maximum Gasteiger partial charge on any atom is 0.204 e. The Hall–Kier alpha value is -2.96. The average molecular weight is 464 g/mol. The van der Waals surface area contributed by atoms with Crippen molar-refractivity contribution in [1.29, 1.82) is 0 Å². The average Bonchev–Trinajstić information content (AvgIpc) is 3.19. The van der Waals surface area contributed by atoms with Crippen LogP contribution < -0.4 is 10.2 Å². The molecule has 144 valence electrons. The third kappa shape index (κ3) is 4.55. The Balaban J connectivity index is 1.61. The monoisotopic (exact) mass is 463 g/mol. The molecule has 0 aliphatic carbocycles. The molecule has 0 atom stereocenters. The fourth-order valence-corrected chi connectivity index (χ4v) is 4.37. The minimum atomic E-state index is 0.742. The summed E-state index contributed by atoms with van der Waals surface area (Å²) in [5, 5.41) is 5.10. The number of halogens is 1. The molecule has 4 aromatic rings. The van der Waals surface area contributed by atoms with Crippen LogP contribution in [0.5, 0.6) is 5.75 Å². The van der Waals surface area contributed by atoms with Crippen molar-refractivity contribution in [3.05, 3.63) is 88.9 Å². The van der Waals surface area contributed by atoms with E-state index in [2.05, 4.69) is 50.7 Å². The first-order chi connectivity index (χ1) is 14.2. The summed E-state index contributed by atoms with van der Waals surface area (Å²) in [6.45, 7) is 0. The molecule has 3 aromatic carbocycles. The van der Waals surface area contributed by atoms with E-state index in [0.717, 1.165) is 42.6 Å². The van der Waals surface area contributed by atoms with Gasteiger partial charge < -0.3 is 4.74 Å². The summed E-state index contributed by atoms with van der Waals surface area (Å²) in [5.74, 6) is 0.787. The molecule has 1 N–H and O–H groups in total. The Morgan fingerprint density at radius 1 is 0.966 bits per heavy atom. The number of aromatic nitrogens is 1. The predicted octanol–water partition coefficient (Wildman–Crippen LogP) is 6.69. The predicted molar refractivity (Wildman–Crippen MR) is 125 cm³/mol. The topological polar surface area (TPSA) is 46.5 Å². The smallest absolute Gasteiger partial charge is 0.204 e. The first kappa shape index (κ1) is 19.4. The minimum absolute atomic E-state index is 0.742. The molecule has 0 aliphatic rings. The highest BCUT2D eigenvalue weighted by molar-refractivity contribution is 9.10. The summed E-state index contributed by atoms with van der Waals surface area (Å²) >= 11 is 5.08. The number of rotatable bonds is 6. The van der Waals surface area contributed by atoms with E-state index in [4.69, 9.17) is 9.72 Å². The summed E-state index contributed by atoms with van der Waals surface area (Å²) in [6.07, 6.45) is 1.76. The fraction of sp³-hybridized carbons (Fsp3) is 0.0435. The largest absolute Gasteiger partial charge is 0.496 e. The number of hydrogen-bond donors (Lipinski definition) is 1. The molecule has 0 radical (unpaired) electrons. The number of methoxy groups -OCH3 is 1. The molecule has 4 rings (SSSR count). The van der Waals surface area contributed by atoms with Crippen LogP contribution >= 0.6 is 27.3 Å². The first-order valence-corrected chi connectivity index (χ1v) is 10.6. The van der Waals surface area contributed by atoms with Crippen molar-refractivity contribution < 1.29 is 4.74 Å². The van der Waals surface area contributed by atoms with Gasteiger partial charge in [-0.05, 0) is 45.3 Å². The lowest BCUT2D eigenvalue weighted by atomic mass is 10.1. The second-order valence-corrected chi connectivity index (χ2v) is 8.05. The fourth-order valence-electron chi connectivity index (χ4n) is 2.87. The number of thiazole rings is 1. The molecule has 0 unspecified atom stereocenters. The summed E-state index contributed by atoms with van der Waals surface area (Å²) in [4.78, 5) is 5.91. The van der Waals surface area contributed by atoms with Gasteiger partial charge >= 0.3 is 0 Å². The van der Waals surface area contributed by atoms with Gasteiger partial charge in [0, 0.05) is 5.56 Å². The Morgan fingerprint density at radius 2 is 1.66 bits per heavy atom. The first-order valence-electron chi connectivity index (χ1n) is 8.99. The van der Waals surface area contributed by atoms with Gasteiger partial charge in [-0.25, -0.2) is 4.98 Å². The van der Waals surface area contributed by atoms with Gasteiger partial charge in [0.2, 0.25) is 5.13 Å². The number of nitrogens with one attached hydrogen (secondary N) is 1. The number of anilines is 1. The zero-order chi connectivity index (χ0) is 20.1. The molecule has 0 amide bonds. The number of hydrazone groups is 1. The van der Waals surface area contributed by atoms with Gasteiger partial charge in [-0.3, -0.25) is 5.43 Å². The molecular formula is C23H18BrN3OS. The third-order valence-corrected chi connectivity index (χ3v) is 5.89. The highest BCUT2D eigenvalue weighted by Crippen LogP contribution is 2.38.